The maximum atomic E-state index is 13.7. The van der Waals surface area contributed by atoms with Gasteiger partial charge in [0.25, 0.3) is 0 Å². The molecule has 3 aromatic rings. The summed E-state index contributed by atoms with van der Waals surface area (Å²) in [6.45, 7) is 6.81. The minimum Gasteiger partial charge on any atom is -0.396 e. The lowest BCUT2D eigenvalue weighted by molar-refractivity contribution is 0.166. The summed E-state index contributed by atoms with van der Waals surface area (Å²) in [5.74, 6) is -0.227. The van der Waals surface area contributed by atoms with Gasteiger partial charge >= 0.3 is 0 Å². The first kappa shape index (κ1) is 23.9. The van der Waals surface area contributed by atoms with Crippen molar-refractivity contribution in [2.45, 2.75) is 24.7 Å². The minimum atomic E-state index is -0.227. The van der Waals surface area contributed by atoms with E-state index in [1.54, 1.807) is 31.0 Å². The second-order valence-corrected chi connectivity index (χ2v) is 7.63. The summed E-state index contributed by atoms with van der Waals surface area (Å²) in [6, 6.07) is 17.4. The van der Waals surface area contributed by atoms with Crippen molar-refractivity contribution in [3.8, 4) is 16.9 Å². The van der Waals surface area contributed by atoms with Gasteiger partial charge in [-0.1, -0.05) is 24.3 Å². The largest absolute Gasteiger partial charge is 0.396 e. The number of aliphatic hydroxyl groups excluding tert-OH is 1. The van der Waals surface area contributed by atoms with Gasteiger partial charge in [-0.05, 0) is 73.5 Å². The minimum absolute atomic E-state index is 0.227. The number of hydrogen-bond acceptors (Lipinski definition) is 3. The number of methoxy groups -OCH3 is 1. The van der Waals surface area contributed by atoms with Crippen LogP contribution in [0.2, 0.25) is 0 Å². The fraction of sp³-hybridized carbons (Fsp3) is 0.280. The average molecular weight is 428 g/mol. The topological polar surface area (TPSA) is 34.4 Å². The SMILES string of the molecule is C=CCc1cc(-c2ccc(SC)cc2)n(-c2cccc(F)c2)c1C.COCCCO. The quantitative estimate of drug-likeness (QED) is 0.270. The van der Waals surface area contributed by atoms with E-state index in [0.717, 1.165) is 35.5 Å². The van der Waals surface area contributed by atoms with Crippen LogP contribution in [-0.4, -0.2) is 36.3 Å². The van der Waals surface area contributed by atoms with Crippen molar-refractivity contribution in [1.82, 2.24) is 4.57 Å². The molecule has 1 N–H and O–H groups in total. The molecule has 2 aromatic carbocycles. The predicted octanol–water partition coefficient (Wildman–Crippen LogP) is 6.06. The molecule has 30 heavy (non-hydrogen) atoms. The Labute approximate surface area is 183 Å². The standard InChI is InChI=1S/C21H20FNS.C4H10O2/c1-4-6-17-13-21(16-9-11-20(24-3)12-10-16)23(15(17)2)19-8-5-7-18(22)14-19;1-6-4-2-3-5/h4-5,7-14H,1,6H2,2-3H3;5H,2-4H2,1H3. The first-order valence-corrected chi connectivity index (χ1v) is 11.1. The molecule has 160 valence electrons. The Balaban J connectivity index is 0.000000469. The number of benzene rings is 2. The molecule has 0 radical (unpaired) electrons. The van der Waals surface area contributed by atoms with Crippen molar-refractivity contribution in [3.63, 3.8) is 0 Å². The first-order valence-electron chi connectivity index (χ1n) is 9.88. The molecule has 0 unspecified atom stereocenters. The molecule has 3 rings (SSSR count). The number of rotatable bonds is 8. The second kappa shape index (κ2) is 12.4. The third-order valence-electron chi connectivity index (χ3n) is 4.67. The van der Waals surface area contributed by atoms with Crippen LogP contribution in [0.4, 0.5) is 4.39 Å². The molecule has 0 amide bonds. The Morgan fingerprint density at radius 3 is 2.43 bits per heavy atom. The zero-order chi connectivity index (χ0) is 21.9. The van der Waals surface area contributed by atoms with Gasteiger partial charge in [0.05, 0.1) is 5.69 Å². The van der Waals surface area contributed by atoms with Crippen LogP contribution in [0, 0.1) is 12.7 Å². The summed E-state index contributed by atoms with van der Waals surface area (Å²) in [7, 11) is 1.62. The Kier molecular flexibility index (Phi) is 9.87. The van der Waals surface area contributed by atoms with Gasteiger partial charge in [0.15, 0.2) is 0 Å². The lowest BCUT2D eigenvalue weighted by atomic mass is 10.1. The summed E-state index contributed by atoms with van der Waals surface area (Å²) in [5, 5.41) is 8.12. The van der Waals surface area contributed by atoms with Crippen molar-refractivity contribution in [1.29, 1.82) is 0 Å². The van der Waals surface area contributed by atoms with E-state index in [0.29, 0.717) is 6.61 Å². The van der Waals surface area contributed by atoms with Gasteiger partial charge in [-0.2, -0.15) is 0 Å². The van der Waals surface area contributed by atoms with Crippen LogP contribution in [-0.2, 0) is 11.2 Å². The fourth-order valence-electron chi connectivity index (χ4n) is 3.15. The Hall–Kier alpha value is -2.34. The van der Waals surface area contributed by atoms with Gasteiger partial charge in [-0.25, -0.2) is 4.39 Å². The van der Waals surface area contributed by atoms with Crippen molar-refractivity contribution in [3.05, 3.63) is 84.3 Å². The van der Waals surface area contributed by atoms with Gasteiger partial charge in [0, 0.05) is 36.6 Å². The number of ether oxygens (including phenoxy) is 1. The van der Waals surface area contributed by atoms with Crippen molar-refractivity contribution in [2.75, 3.05) is 26.6 Å². The molecule has 0 bridgehead atoms. The van der Waals surface area contributed by atoms with E-state index in [-0.39, 0.29) is 12.4 Å². The molecule has 0 spiro atoms. The zero-order valence-corrected chi connectivity index (χ0v) is 18.7. The summed E-state index contributed by atoms with van der Waals surface area (Å²) >= 11 is 1.72. The van der Waals surface area contributed by atoms with Crippen LogP contribution in [0.1, 0.15) is 17.7 Å². The van der Waals surface area contributed by atoms with Gasteiger partial charge in [-0.15, -0.1) is 18.3 Å². The molecular formula is C25H30FNO2S. The molecule has 0 saturated carbocycles. The zero-order valence-electron chi connectivity index (χ0n) is 17.9. The number of aromatic nitrogens is 1. The van der Waals surface area contributed by atoms with Crippen LogP contribution < -0.4 is 0 Å². The van der Waals surface area contributed by atoms with Crippen LogP contribution in [0.5, 0.6) is 0 Å². The molecule has 0 fully saturated rings. The lowest BCUT2D eigenvalue weighted by Gasteiger charge is -2.13. The van der Waals surface area contributed by atoms with Crippen LogP contribution in [0.25, 0.3) is 16.9 Å². The Morgan fingerprint density at radius 1 is 1.17 bits per heavy atom. The number of nitrogens with zero attached hydrogens (tertiary/aromatic N) is 1. The summed E-state index contributed by atoms with van der Waals surface area (Å²) in [5.41, 5.74) is 5.35. The number of aliphatic hydroxyl groups is 1. The van der Waals surface area contributed by atoms with E-state index in [2.05, 4.69) is 59.4 Å². The molecule has 0 aliphatic heterocycles. The average Bonchev–Trinajstić information content (AvgIpc) is 3.09. The Bertz CT molecular complexity index is 931. The van der Waals surface area contributed by atoms with E-state index < -0.39 is 0 Å². The van der Waals surface area contributed by atoms with E-state index in [1.165, 1.54) is 16.5 Å². The Morgan fingerprint density at radius 2 is 1.90 bits per heavy atom. The van der Waals surface area contributed by atoms with E-state index >= 15 is 0 Å². The van der Waals surface area contributed by atoms with Gasteiger partial charge in [-0.3, -0.25) is 0 Å². The maximum Gasteiger partial charge on any atom is 0.125 e. The number of halogens is 1. The lowest BCUT2D eigenvalue weighted by Crippen LogP contribution is -2.00. The molecule has 3 nitrogen and oxygen atoms in total. The highest BCUT2D eigenvalue weighted by molar-refractivity contribution is 7.98. The smallest absolute Gasteiger partial charge is 0.125 e. The van der Waals surface area contributed by atoms with Crippen molar-refractivity contribution < 1.29 is 14.2 Å². The highest BCUT2D eigenvalue weighted by atomic mass is 32.2. The summed E-state index contributed by atoms with van der Waals surface area (Å²) in [6.07, 6.45) is 5.51. The molecule has 5 heteroatoms. The second-order valence-electron chi connectivity index (χ2n) is 6.75. The normalized spacial score (nSPS) is 10.4. The number of thioether (sulfide) groups is 1. The predicted molar refractivity (Wildman–Crippen MR) is 125 cm³/mol. The third kappa shape index (κ3) is 6.33. The number of hydrogen-bond donors (Lipinski definition) is 1. The van der Waals surface area contributed by atoms with Crippen LogP contribution in [0.15, 0.2) is 72.1 Å². The van der Waals surface area contributed by atoms with Gasteiger partial charge in [0.2, 0.25) is 0 Å². The highest BCUT2D eigenvalue weighted by Gasteiger charge is 2.14. The first-order chi connectivity index (χ1) is 14.5. The van der Waals surface area contributed by atoms with Crippen molar-refractivity contribution >= 4 is 11.8 Å². The van der Waals surface area contributed by atoms with E-state index in [4.69, 9.17) is 5.11 Å². The molecule has 1 heterocycles. The third-order valence-corrected chi connectivity index (χ3v) is 5.42. The summed E-state index contributed by atoms with van der Waals surface area (Å²) in [4.78, 5) is 1.23. The molecule has 1 aromatic heterocycles. The van der Waals surface area contributed by atoms with Gasteiger partial charge < -0.3 is 14.4 Å². The maximum absolute atomic E-state index is 13.7. The molecule has 0 aliphatic carbocycles. The van der Waals surface area contributed by atoms with E-state index in [9.17, 15) is 4.39 Å². The van der Waals surface area contributed by atoms with Gasteiger partial charge in [0.1, 0.15) is 5.82 Å². The molecule has 0 atom stereocenters. The van der Waals surface area contributed by atoms with Crippen LogP contribution in [0.3, 0.4) is 0 Å². The van der Waals surface area contributed by atoms with E-state index in [1.807, 2.05) is 12.1 Å². The van der Waals surface area contributed by atoms with Crippen molar-refractivity contribution in [2.24, 2.45) is 0 Å². The molecule has 0 aliphatic rings. The fourth-order valence-corrected chi connectivity index (χ4v) is 3.56. The summed E-state index contributed by atoms with van der Waals surface area (Å²) < 4.78 is 20.5. The highest BCUT2D eigenvalue weighted by Crippen LogP contribution is 2.31. The van der Waals surface area contributed by atoms with Crippen LogP contribution >= 0.6 is 11.8 Å². The molecule has 0 saturated heterocycles. The molecular weight excluding hydrogens is 397 g/mol. The number of allylic oxidation sites excluding steroid dienone is 1. The monoisotopic (exact) mass is 427 g/mol.